The molecule has 0 fully saturated rings. The van der Waals surface area contributed by atoms with Crippen molar-refractivity contribution in [2.24, 2.45) is 0 Å². The summed E-state index contributed by atoms with van der Waals surface area (Å²) in [6.07, 6.45) is 0. The number of aryl methyl sites for hydroxylation is 1. The van der Waals surface area contributed by atoms with Crippen LogP contribution in [0.15, 0.2) is 42.5 Å². The third-order valence-electron chi connectivity index (χ3n) is 3.10. The summed E-state index contributed by atoms with van der Waals surface area (Å²) in [6, 6.07) is 11.2. The minimum Gasteiger partial charge on any atom is -0.494 e. The van der Waals surface area contributed by atoms with E-state index in [1.54, 1.807) is 43.3 Å². The molecule has 0 saturated carbocycles. The smallest absolute Gasteiger partial charge is 0.273 e. The molecular formula is C16H15NO4. The van der Waals surface area contributed by atoms with E-state index in [0.717, 1.165) is 0 Å². The van der Waals surface area contributed by atoms with Gasteiger partial charge in [-0.15, -0.1) is 0 Å². The van der Waals surface area contributed by atoms with Crippen molar-refractivity contribution in [2.75, 3.05) is 6.61 Å². The van der Waals surface area contributed by atoms with E-state index >= 15 is 0 Å². The molecule has 0 N–H and O–H groups in total. The molecule has 2 rings (SSSR count). The molecule has 0 aromatic heterocycles. The molecule has 0 unspecified atom stereocenters. The summed E-state index contributed by atoms with van der Waals surface area (Å²) in [5.41, 5.74) is 1.25. The highest BCUT2D eigenvalue weighted by Gasteiger charge is 2.16. The van der Waals surface area contributed by atoms with E-state index < -0.39 is 4.92 Å². The van der Waals surface area contributed by atoms with Gasteiger partial charge >= 0.3 is 0 Å². The van der Waals surface area contributed by atoms with Crippen LogP contribution < -0.4 is 4.74 Å². The van der Waals surface area contributed by atoms with Crippen LogP contribution in [0.25, 0.3) is 0 Å². The number of benzene rings is 2. The molecule has 0 aliphatic carbocycles. The van der Waals surface area contributed by atoms with Gasteiger partial charge in [-0.2, -0.15) is 0 Å². The third-order valence-corrected chi connectivity index (χ3v) is 3.10. The molecule has 2 aromatic carbocycles. The van der Waals surface area contributed by atoms with Gasteiger partial charge in [0, 0.05) is 22.8 Å². The molecule has 108 valence electrons. The van der Waals surface area contributed by atoms with Crippen molar-refractivity contribution in [3.8, 4) is 5.75 Å². The zero-order valence-electron chi connectivity index (χ0n) is 11.8. The molecule has 0 saturated heterocycles. The Morgan fingerprint density at radius 3 is 2.33 bits per heavy atom. The summed E-state index contributed by atoms with van der Waals surface area (Å²) in [5, 5.41) is 10.9. The molecule has 0 spiro atoms. The van der Waals surface area contributed by atoms with Crippen LogP contribution in [0.2, 0.25) is 0 Å². The molecule has 0 bridgehead atoms. The monoisotopic (exact) mass is 285 g/mol. The van der Waals surface area contributed by atoms with Crippen molar-refractivity contribution < 1.29 is 14.5 Å². The number of ether oxygens (including phenoxy) is 1. The molecule has 5 nitrogen and oxygen atoms in total. The third kappa shape index (κ3) is 3.25. The standard InChI is InChI=1S/C16H15NO4/c1-3-21-14-8-6-12(7-9-14)16(18)13-5-4-11(2)15(10-13)17(19)20/h4-10H,3H2,1-2H3. The Kier molecular flexibility index (Phi) is 4.33. The van der Waals surface area contributed by atoms with Gasteiger partial charge in [-0.05, 0) is 38.1 Å². The highest BCUT2D eigenvalue weighted by Crippen LogP contribution is 2.22. The second kappa shape index (κ2) is 6.17. The Morgan fingerprint density at radius 1 is 1.14 bits per heavy atom. The quantitative estimate of drug-likeness (QED) is 0.478. The number of carbonyl (C=O) groups excluding carboxylic acids is 1. The first-order valence-corrected chi connectivity index (χ1v) is 6.55. The summed E-state index contributed by atoms with van der Waals surface area (Å²) in [6.45, 7) is 4.07. The highest BCUT2D eigenvalue weighted by atomic mass is 16.6. The number of rotatable bonds is 5. The van der Waals surface area contributed by atoms with E-state index in [1.807, 2.05) is 6.92 Å². The van der Waals surface area contributed by atoms with Crippen molar-refractivity contribution in [1.82, 2.24) is 0 Å². The lowest BCUT2D eigenvalue weighted by molar-refractivity contribution is -0.385. The van der Waals surface area contributed by atoms with E-state index in [-0.39, 0.29) is 11.5 Å². The molecule has 0 heterocycles. The maximum Gasteiger partial charge on any atom is 0.273 e. The summed E-state index contributed by atoms with van der Waals surface area (Å²) < 4.78 is 5.31. The van der Waals surface area contributed by atoms with Crippen LogP contribution >= 0.6 is 0 Å². The molecule has 0 radical (unpaired) electrons. The van der Waals surface area contributed by atoms with Gasteiger partial charge in [0.1, 0.15) is 5.75 Å². The number of hydrogen-bond donors (Lipinski definition) is 0. The zero-order chi connectivity index (χ0) is 15.4. The fourth-order valence-corrected chi connectivity index (χ4v) is 1.98. The number of carbonyl (C=O) groups is 1. The van der Waals surface area contributed by atoms with Crippen LogP contribution in [0.5, 0.6) is 5.75 Å². The van der Waals surface area contributed by atoms with E-state index in [4.69, 9.17) is 4.74 Å². The molecule has 0 aliphatic rings. The van der Waals surface area contributed by atoms with Gasteiger partial charge in [0.05, 0.1) is 11.5 Å². The second-order valence-electron chi connectivity index (χ2n) is 4.54. The van der Waals surface area contributed by atoms with Crippen molar-refractivity contribution in [3.05, 3.63) is 69.3 Å². The van der Waals surface area contributed by atoms with E-state index in [9.17, 15) is 14.9 Å². The maximum absolute atomic E-state index is 12.3. The maximum atomic E-state index is 12.3. The zero-order valence-corrected chi connectivity index (χ0v) is 11.8. The Morgan fingerprint density at radius 2 is 1.76 bits per heavy atom. The van der Waals surface area contributed by atoms with Crippen LogP contribution in [0.1, 0.15) is 28.4 Å². The summed E-state index contributed by atoms with van der Waals surface area (Å²) in [5.74, 6) is 0.435. The lowest BCUT2D eigenvalue weighted by Gasteiger charge is -2.05. The first-order valence-electron chi connectivity index (χ1n) is 6.55. The molecule has 21 heavy (non-hydrogen) atoms. The Balaban J connectivity index is 2.31. The minimum atomic E-state index is -0.482. The molecule has 0 atom stereocenters. The average molecular weight is 285 g/mol. The largest absolute Gasteiger partial charge is 0.494 e. The van der Waals surface area contributed by atoms with Crippen molar-refractivity contribution in [2.45, 2.75) is 13.8 Å². The van der Waals surface area contributed by atoms with Gasteiger partial charge in [-0.3, -0.25) is 14.9 Å². The van der Waals surface area contributed by atoms with Crippen LogP contribution in [0, 0.1) is 17.0 Å². The van der Waals surface area contributed by atoms with E-state index in [2.05, 4.69) is 0 Å². The number of hydrogen-bond acceptors (Lipinski definition) is 4. The average Bonchev–Trinajstić information content (AvgIpc) is 2.48. The number of nitro benzene ring substituents is 1. The van der Waals surface area contributed by atoms with Crippen LogP contribution in [-0.4, -0.2) is 17.3 Å². The van der Waals surface area contributed by atoms with Crippen molar-refractivity contribution >= 4 is 11.5 Å². The summed E-state index contributed by atoms with van der Waals surface area (Å²) in [7, 11) is 0. The van der Waals surface area contributed by atoms with Crippen LogP contribution in [-0.2, 0) is 0 Å². The first kappa shape index (κ1) is 14.7. The lowest BCUT2D eigenvalue weighted by atomic mass is 10.0. The van der Waals surface area contributed by atoms with Crippen molar-refractivity contribution in [1.29, 1.82) is 0 Å². The second-order valence-corrected chi connectivity index (χ2v) is 4.54. The minimum absolute atomic E-state index is 0.0493. The Labute approximate surface area is 122 Å². The fourth-order valence-electron chi connectivity index (χ4n) is 1.98. The summed E-state index contributed by atoms with van der Waals surface area (Å²) in [4.78, 5) is 22.8. The topological polar surface area (TPSA) is 69.4 Å². The van der Waals surface area contributed by atoms with Crippen molar-refractivity contribution in [3.63, 3.8) is 0 Å². The molecular weight excluding hydrogens is 270 g/mol. The first-order chi connectivity index (χ1) is 10.0. The van der Waals surface area contributed by atoms with Crippen LogP contribution in [0.4, 0.5) is 5.69 Å². The Bertz CT molecular complexity index is 677. The van der Waals surface area contributed by atoms with E-state index in [1.165, 1.54) is 6.07 Å². The fraction of sp³-hybridized carbons (Fsp3) is 0.188. The molecule has 0 amide bonds. The number of nitro groups is 1. The predicted molar refractivity (Wildman–Crippen MR) is 78.9 cm³/mol. The Hall–Kier alpha value is -2.69. The SMILES string of the molecule is CCOc1ccc(C(=O)c2ccc(C)c([N+](=O)[O-])c2)cc1. The highest BCUT2D eigenvalue weighted by molar-refractivity contribution is 6.09. The number of ketones is 1. The summed E-state index contributed by atoms with van der Waals surface area (Å²) >= 11 is 0. The van der Waals surface area contributed by atoms with Gasteiger partial charge < -0.3 is 4.74 Å². The molecule has 0 aliphatic heterocycles. The number of nitrogens with zero attached hydrogens (tertiary/aromatic N) is 1. The molecule has 5 heteroatoms. The lowest BCUT2D eigenvalue weighted by Crippen LogP contribution is -2.03. The van der Waals surface area contributed by atoms with Gasteiger partial charge in [0.2, 0.25) is 0 Å². The van der Waals surface area contributed by atoms with Gasteiger partial charge in [-0.25, -0.2) is 0 Å². The molecule has 2 aromatic rings. The van der Waals surface area contributed by atoms with E-state index in [0.29, 0.717) is 29.0 Å². The van der Waals surface area contributed by atoms with Gasteiger partial charge in [0.15, 0.2) is 5.78 Å². The van der Waals surface area contributed by atoms with Gasteiger partial charge in [-0.1, -0.05) is 12.1 Å². The van der Waals surface area contributed by atoms with Crippen LogP contribution in [0.3, 0.4) is 0 Å². The predicted octanol–water partition coefficient (Wildman–Crippen LogP) is 3.53. The van der Waals surface area contributed by atoms with Gasteiger partial charge in [0.25, 0.3) is 5.69 Å². The normalized spacial score (nSPS) is 10.2.